The third-order valence-electron chi connectivity index (χ3n) is 7.21. The third kappa shape index (κ3) is 5.01. The van der Waals surface area contributed by atoms with Crippen LogP contribution in [-0.4, -0.2) is 45.7 Å². The second kappa shape index (κ2) is 9.87. The molecule has 6 heteroatoms. The predicted octanol–water partition coefficient (Wildman–Crippen LogP) is 4.49. The zero-order chi connectivity index (χ0) is 23.4. The van der Waals surface area contributed by atoms with Crippen LogP contribution in [0.15, 0.2) is 60.7 Å². The maximum Gasteiger partial charge on any atom is 0.335 e. The molecule has 2 fully saturated rings. The monoisotopic (exact) mass is 451 g/mol. The largest absolute Gasteiger partial charge is 0.478 e. The van der Waals surface area contributed by atoms with Crippen molar-refractivity contribution in [3.8, 4) is 0 Å². The van der Waals surface area contributed by atoms with Crippen LogP contribution in [-0.2, 0) is 16.6 Å². The normalized spacial score (nSPS) is 21.1. The van der Waals surface area contributed by atoms with Crippen molar-refractivity contribution in [2.24, 2.45) is 0 Å². The fraction of sp³-hybridized carbons (Fsp3) is 0.407. The van der Waals surface area contributed by atoms with E-state index in [-0.39, 0.29) is 23.3 Å². The highest BCUT2D eigenvalue weighted by molar-refractivity contribution is 5.87. The molecule has 0 unspecified atom stereocenters. The molecule has 1 amide bonds. The van der Waals surface area contributed by atoms with Gasteiger partial charge in [-0.05, 0) is 61.1 Å². The van der Waals surface area contributed by atoms with Crippen LogP contribution in [0.4, 0.5) is 4.39 Å². The average Bonchev–Trinajstić information content (AvgIpc) is 3.44. The number of aliphatic hydroxyl groups excluding tert-OH is 1. The summed E-state index contributed by atoms with van der Waals surface area (Å²) in [5.41, 5.74) is 1.77. The van der Waals surface area contributed by atoms with Crippen molar-refractivity contribution in [1.82, 2.24) is 4.90 Å². The van der Waals surface area contributed by atoms with Gasteiger partial charge in [0.15, 0.2) is 0 Å². The number of halogens is 1. The minimum Gasteiger partial charge on any atom is -0.478 e. The molecule has 2 aliphatic rings. The van der Waals surface area contributed by atoms with Gasteiger partial charge in [0, 0.05) is 18.4 Å². The molecule has 2 atom stereocenters. The van der Waals surface area contributed by atoms with E-state index in [9.17, 15) is 19.1 Å². The van der Waals surface area contributed by atoms with Crippen molar-refractivity contribution in [2.45, 2.75) is 62.5 Å². The Morgan fingerprint density at radius 3 is 2.42 bits per heavy atom. The fourth-order valence-electron chi connectivity index (χ4n) is 5.27. The van der Waals surface area contributed by atoms with E-state index in [1.807, 2.05) is 17.1 Å². The van der Waals surface area contributed by atoms with Crippen LogP contribution in [0.25, 0.3) is 0 Å². The number of rotatable bonds is 8. The van der Waals surface area contributed by atoms with E-state index in [4.69, 9.17) is 5.11 Å². The number of aromatic carboxylic acids is 1. The molecular formula is C27H30FNO4. The van der Waals surface area contributed by atoms with Gasteiger partial charge in [-0.2, -0.15) is 0 Å². The predicted molar refractivity (Wildman–Crippen MR) is 124 cm³/mol. The number of carboxylic acids is 1. The number of amides is 1. The van der Waals surface area contributed by atoms with Gasteiger partial charge in [0.1, 0.15) is 5.82 Å². The molecule has 1 aliphatic carbocycles. The number of hydrogen-bond acceptors (Lipinski definition) is 3. The number of hydrogen-bond donors (Lipinski definition) is 2. The molecule has 4 rings (SSSR count). The highest BCUT2D eigenvalue weighted by Crippen LogP contribution is 2.44. The molecule has 1 aliphatic heterocycles. The quantitative estimate of drug-likeness (QED) is 0.580. The molecule has 2 aromatic carbocycles. The summed E-state index contributed by atoms with van der Waals surface area (Å²) in [7, 11) is 0. The maximum absolute atomic E-state index is 13.4. The molecule has 1 saturated heterocycles. The van der Waals surface area contributed by atoms with Gasteiger partial charge in [-0.25, -0.2) is 9.18 Å². The van der Waals surface area contributed by atoms with Crippen LogP contribution in [0.5, 0.6) is 0 Å². The Morgan fingerprint density at radius 1 is 1.12 bits per heavy atom. The summed E-state index contributed by atoms with van der Waals surface area (Å²) in [6.45, 7) is 0.541. The van der Waals surface area contributed by atoms with Gasteiger partial charge in [-0.3, -0.25) is 4.79 Å². The van der Waals surface area contributed by atoms with Gasteiger partial charge in [0.05, 0.1) is 17.7 Å². The number of carbonyl (C=O) groups is 2. The van der Waals surface area contributed by atoms with Crippen LogP contribution in [0.2, 0.25) is 0 Å². The summed E-state index contributed by atoms with van der Waals surface area (Å²) < 4.78 is 13.4. The smallest absolute Gasteiger partial charge is 0.335 e. The highest BCUT2D eigenvalue weighted by Gasteiger charge is 2.41. The van der Waals surface area contributed by atoms with E-state index >= 15 is 0 Å². The van der Waals surface area contributed by atoms with E-state index in [0.717, 1.165) is 36.8 Å². The molecule has 2 aromatic rings. The Bertz CT molecular complexity index is 1010. The first-order chi connectivity index (χ1) is 15.9. The lowest BCUT2D eigenvalue weighted by molar-refractivity contribution is -0.128. The van der Waals surface area contributed by atoms with Gasteiger partial charge < -0.3 is 15.1 Å². The van der Waals surface area contributed by atoms with Crippen molar-refractivity contribution < 1.29 is 24.2 Å². The van der Waals surface area contributed by atoms with Crippen molar-refractivity contribution in [2.75, 3.05) is 6.54 Å². The standard InChI is InChI=1S/C27H30FNO4/c28-22-9-7-21(8-10-22)27(16-1-2-17-27)24(30)13-11-23-12-14-25(31)29(23)18-15-19-3-5-20(6-4-19)26(32)33/h3-11,13,23-24,30H,1-2,12,14-18H2,(H,32,33)/b13-11+/t23-,24+/m0/s1. The Kier molecular flexibility index (Phi) is 6.94. The van der Waals surface area contributed by atoms with E-state index in [0.29, 0.717) is 25.8 Å². The lowest BCUT2D eigenvalue weighted by Gasteiger charge is -2.34. The lowest BCUT2D eigenvalue weighted by atomic mass is 9.74. The molecule has 0 radical (unpaired) electrons. The molecule has 0 bridgehead atoms. The molecular weight excluding hydrogens is 421 g/mol. The maximum atomic E-state index is 13.4. The second-order valence-corrected chi connectivity index (χ2v) is 9.15. The molecule has 5 nitrogen and oxygen atoms in total. The van der Waals surface area contributed by atoms with Crippen LogP contribution in [0.1, 0.15) is 60.0 Å². The fourth-order valence-corrected chi connectivity index (χ4v) is 5.27. The summed E-state index contributed by atoms with van der Waals surface area (Å²) in [5.74, 6) is -1.15. The van der Waals surface area contributed by atoms with Crippen LogP contribution >= 0.6 is 0 Å². The first kappa shape index (κ1) is 23.2. The van der Waals surface area contributed by atoms with E-state index < -0.39 is 17.5 Å². The van der Waals surface area contributed by atoms with Gasteiger partial charge in [-0.15, -0.1) is 0 Å². The number of aliphatic hydroxyl groups is 1. The Morgan fingerprint density at radius 2 is 1.79 bits per heavy atom. The summed E-state index contributed by atoms with van der Waals surface area (Å²) in [6.07, 6.45) is 8.65. The molecule has 1 heterocycles. The molecule has 2 N–H and O–H groups in total. The zero-order valence-corrected chi connectivity index (χ0v) is 18.6. The summed E-state index contributed by atoms with van der Waals surface area (Å²) in [4.78, 5) is 25.3. The van der Waals surface area contributed by atoms with E-state index in [2.05, 4.69) is 0 Å². The Hall–Kier alpha value is -2.99. The van der Waals surface area contributed by atoms with Gasteiger partial charge in [0.2, 0.25) is 5.91 Å². The van der Waals surface area contributed by atoms with Crippen molar-refractivity contribution >= 4 is 11.9 Å². The molecule has 0 spiro atoms. The van der Waals surface area contributed by atoms with Gasteiger partial charge >= 0.3 is 5.97 Å². The summed E-state index contributed by atoms with van der Waals surface area (Å²) >= 11 is 0. The topological polar surface area (TPSA) is 77.8 Å². The number of carboxylic acid groups (broad SMARTS) is 1. The first-order valence-electron chi connectivity index (χ1n) is 11.6. The second-order valence-electron chi connectivity index (χ2n) is 9.15. The first-order valence-corrected chi connectivity index (χ1v) is 11.6. The van der Waals surface area contributed by atoms with Crippen molar-refractivity contribution in [3.05, 3.63) is 83.2 Å². The molecule has 0 aromatic heterocycles. The average molecular weight is 452 g/mol. The SMILES string of the molecule is O=C(O)c1ccc(CCN2C(=O)CC[C@@H]2/C=C/[C@@H](O)C2(c3ccc(F)cc3)CCCC2)cc1. The van der Waals surface area contributed by atoms with Crippen LogP contribution in [0.3, 0.4) is 0 Å². The zero-order valence-electron chi connectivity index (χ0n) is 18.6. The van der Waals surface area contributed by atoms with Crippen molar-refractivity contribution in [1.29, 1.82) is 0 Å². The number of benzene rings is 2. The highest BCUT2D eigenvalue weighted by atomic mass is 19.1. The number of carbonyl (C=O) groups excluding carboxylic acids is 1. The van der Waals surface area contributed by atoms with Gasteiger partial charge in [0.25, 0.3) is 0 Å². The van der Waals surface area contributed by atoms with Crippen molar-refractivity contribution in [3.63, 3.8) is 0 Å². The van der Waals surface area contributed by atoms with Gasteiger partial charge in [-0.1, -0.05) is 49.3 Å². The summed E-state index contributed by atoms with van der Waals surface area (Å²) in [6, 6.07) is 13.1. The minimum atomic E-state index is -0.958. The van der Waals surface area contributed by atoms with E-state index in [1.54, 1.807) is 36.4 Å². The molecule has 174 valence electrons. The van der Waals surface area contributed by atoms with E-state index in [1.165, 1.54) is 12.1 Å². The Balaban J connectivity index is 1.43. The Labute approximate surface area is 193 Å². The molecule has 1 saturated carbocycles. The third-order valence-corrected chi connectivity index (χ3v) is 7.21. The van der Waals surface area contributed by atoms with Crippen LogP contribution < -0.4 is 0 Å². The summed E-state index contributed by atoms with van der Waals surface area (Å²) in [5, 5.41) is 20.2. The molecule has 33 heavy (non-hydrogen) atoms. The number of nitrogens with zero attached hydrogens (tertiary/aromatic N) is 1. The minimum absolute atomic E-state index is 0.0721. The number of likely N-dealkylation sites (tertiary alicyclic amines) is 1. The van der Waals surface area contributed by atoms with Crippen LogP contribution in [0, 0.1) is 5.82 Å². The lowest BCUT2D eigenvalue weighted by Crippen LogP contribution is -2.37.